The van der Waals surface area contributed by atoms with Gasteiger partial charge in [0.1, 0.15) is 6.10 Å². The third kappa shape index (κ3) is 5.31. The fourth-order valence-electron chi connectivity index (χ4n) is 4.88. The molecular formula is C24H40N2O7. The van der Waals surface area contributed by atoms with E-state index in [9.17, 15) is 20.1 Å². The molecular weight excluding hydrogens is 428 g/mol. The predicted octanol–water partition coefficient (Wildman–Crippen LogP) is 2.47. The van der Waals surface area contributed by atoms with Crippen LogP contribution >= 0.6 is 0 Å². The minimum atomic E-state index is -1.64. The number of piperidine rings is 1. The van der Waals surface area contributed by atoms with Crippen LogP contribution in [0.1, 0.15) is 58.1 Å². The summed E-state index contributed by atoms with van der Waals surface area (Å²) in [6.45, 7) is 9.13. The van der Waals surface area contributed by atoms with E-state index in [1.165, 1.54) is 20.6 Å². The van der Waals surface area contributed by atoms with E-state index in [4.69, 9.17) is 19.9 Å². The Bertz CT molecular complexity index is 830. The monoisotopic (exact) mass is 468 g/mol. The number of nitrogens with two attached hydrogens (primary N) is 1. The van der Waals surface area contributed by atoms with Gasteiger partial charge in [0.2, 0.25) is 11.5 Å². The highest BCUT2D eigenvalue weighted by molar-refractivity contribution is 5.71. The summed E-state index contributed by atoms with van der Waals surface area (Å²) < 4.78 is 16.1. The maximum absolute atomic E-state index is 12.0. The number of carbonyl (C=O) groups excluding carboxylic acids is 1. The standard InChI is InChI=1S/C21H32N2O7.C3H8/c1-11(2)7-12-10-23-6-5-13-16(18(26)20(29-4)19(28-3)17(13)25)21(23,27)8-14(12)30-15(24)9-22;1-3-2/h11-12,14,25-27H,5-10,22H2,1-4H3;3H2,1-2H3. The highest BCUT2D eigenvalue weighted by Gasteiger charge is 2.53. The van der Waals surface area contributed by atoms with Crippen molar-refractivity contribution in [2.24, 2.45) is 17.6 Å². The molecule has 2 aliphatic heterocycles. The average Bonchev–Trinajstić information content (AvgIpc) is 2.75. The van der Waals surface area contributed by atoms with E-state index in [1.54, 1.807) is 0 Å². The molecule has 3 atom stereocenters. The van der Waals surface area contributed by atoms with Crippen molar-refractivity contribution in [2.75, 3.05) is 33.9 Å². The molecule has 0 amide bonds. The number of nitrogens with zero attached hydrogens (tertiary/aromatic N) is 1. The SMILES string of the molecule is CCC.COc1c(O)c2c(c(O)c1OC)C1(O)CC(OC(=O)CN)C(CC(C)C)CN1CC2. The Morgan fingerprint density at radius 2 is 1.76 bits per heavy atom. The van der Waals surface area contributed by atoms with E-state index in [1.807, 2.05) is 4.90 Å². The predicted molar refractivity (Wildman–Crippen MR) is 125 cm³/mol. The first-order valence-corrected chi connectivity index (χ1v) is 11.6. The summed E-state index contributed by atoms with van der Waals surface area (Å²) >= 11 is 0. The highest BCUT2D eigenvalue weighted by atomic mass is 16.5. The summed E-state index contributed by atoms with van der Waals surface area (Å²) in [4.78, 5) is 13.8. The average molecular weight is 469 g/mol. The van der Waals surface area contributed by atoms with E-state index in [0.717, 1.165) is 6.42 Å². The molecule has 2 heterocycles. The van der Waals surface area contributed by atoms with Crippen LogP contribution in [0, 0.1) is 11.8 Å². The number of esters is 1. The molecule has 0 spiro atoms. The smallest absolute Gasteiger partial charge is 0.319 e. The lowest BCUT2D eigenvalue weighted by Crippen LogP contribution is -2.60. The molecule has 1 fully saturated rings. The first-order chi connectivity index (χ1) is 15.6. The van der Waals surface area contributed by atoms with Crippen molar-refractivity contribution in [1.82, 2.24) is 4.90 Å². The number of hydrogen-bond acceptors (Lipinski definition) is 9. The number of benzene rings is 1. The second kappa shape index (κ2) is 11.3. The number of aromatic hydroxyl groups is 2. The van der Waals surface area contributed by atoms with E-state index < -0.39 is 17.8 Å². The Balaban J connectivity index is 0.00000122. The van der Waals surface area contributed by atoms with Gasteiger partial charge in [-0.15, -0.1) is 0 Å². The minimum absolute atomic E-state index is 0.0122. The Kier molecular flexibility index (Phi) is 9.22. The summed E-state index contributed by atoms with van der Waals surface area (Å²) in [7, 11) is 2.71. The summed E-state index contributed by atoms with van der Waals surface area (Å²) in [5.41, 5.74) is 4.37. The van der Waals surface area contributed by atoms with E-state index in [2.05, 4.69) is 27.7 Å². The largest absolute Gasteiger partial charge is 0.504 e. The van der Waals surface area contributed by atoms with Gasteiger partial charge in [0.25, 0.3) is 0 Å². The molecule has 0 aliphatic carbocycles. The molecule has 33 heavy (non-hydrogen) atoms. The van der Waals surface area contributed by atoms with Crippen molar-refractivity contribution in [2.45, 2.75) is 65.2 Å². The van der Waals surface area contributed by atoms with Crippen LogP contribution in [0.5, 0.6) is 23.0 Å². The Morgan fingerprint density at radius 3 is 2.27 bits per heavy atom. The van der Waals surface area contributed by atoms with Gasteiger partial charge >= 0.3 is 5.97 Å². The third-order valence-electron chi connectivity index (χ3n) is 6.11. The number of methoxy groups -OCH3 is 2. The third-order valence-corrected chi connectivity index (χ3v) is 6.11. The topological polar surface area (TPSA) is 135 Å². The zero-order valence-electron chi connectivity index (χ0n) is 20.7. The first-order valence-electron chi connectivity index (χ1n) is 11.6. The van der Waals surface area contributed by atoms with Gasteiger partial charge in [-0.2, -0.15) is 0 Å². The number of rotatable bonds is 6. The molecule has 9 heteroatoms. The fourth-order valence-corrected chi connectivity index (χ4v) is 4.88. The molecule has 1 aromatic carbocycles. The molecule has 3 unspecified atom stereocenters. The van der Waals surface area contributed by atoms with Crippen LogP contribution in [-0.2, 0) is 21.7 Å². The van der Waals surface area contributed by atoms with Crippen molar-refractivity contribution < 1.29 is 34.3 Å². The second-order valence-corrected chi connectivity index (χ2v) is 9.16. The van der Waals surface area contributed by atoms with Crippen LogP contribution in [0.25, 0.3) is 0 Å². The second-order valence-electron chi connectivity index (χ2n) is 9.16. The number of fused-ring (bicyclic) bond motifs is 3. The van der Waals surface area contributed by atoms with Crippen LogP contribution in [0.2, 0.25) is 0 Å². The fraction of sp³-hybridized carbons (Fsp3) is 0.708. The number of phenols is 2. The summed E-state index contributed by atoms with van der Waals surface area (Å²) in [5, 5.41) is 33.5. The molecule has 5 N–H and O–H groups in total. The van der Waals surface area contributed by atoms with Gasteiger partial charge in [-0.3, -0.25) is 9.69 Å². The molecule has 3 rings (SSSR count). The van der Waals surface area contributed by atoms with E-state index in [0.29, 0.717) is 31.0 Å². The number of phenolic OH excluding ortho intramolecular Hbond substituents is 2. The Labute approximate surface area is 196 Å². The summed E-state index contributed by atoms with van der Waals surface area (Å²) in [5.74, 6) is -0.650. The van der Waals surface area contributed by atoms with Gasteiger partial charge in [-0.25, -0.2) is 0 Å². The van der Waals surface area contributed by atoms with Crippen molar-refractivity contribution in [1.29, 1.82) is 0 Å². The minimum Gasteiger partial charge on any atom is -0.504 e. The maximum atomic E-state index is 12.0. The lowest BCUT2D eigenvalue weighted by Gasteiger charge is -2.52. The number of ether oxygens (including phenoxy) is 3. The lowest BCUT2D eigenvalue weighted by molar-refractivity contribution is -0.204. The van der Waals surface area contributed by atoms with Crippen LogP contribution in [0.15, 0.2) is 0 Å². The van der Waals surface area contributed by atoms with Gasteiger partial charge in [-0.1, -0.05) is 34.1 Å². The zero-order chi connectivity index (χ0) is 24.9. The normalized spacial score (nSPS) is 24.3. The van der Waals surface area contributed by atoms with Gasteiger partial charge in [0.05, 0.1) is 26.3 Å². The van der Waals surface area contributed by atoms with Crippen molar-refractivity contribution in [3.8, 4) is 23.0 Å². The lowest BCUT2D eigenvalue weighted by atomic mass is 9.76. The van der Waals surface area contributed by atoms with Crippen molar-refractivity contribution >= 4 is 5.97 Å². The van der Waals surface area contributed by atoms with Gasteiger partial charge in [-0.05, 0) is 18.8 Å². The highest BCUT2D eigenvalue weighted by Crippen LogP contribution is 2.56. The van der Waals surface area contributed by atoms with Crippen LogP contribution in [-0.4, -0.2) is 66.1 Å². The first kappa shape index (κ1) is 27.0. The van der Waals surface area contributed by atoms with Crippen LogP contribution in [0.4, 0.5) is 0 Å². The van der Waals surface area contributed by atoms with Crippen molar-refractivity contribution in [3.63, 3.8) is 0 Å². The molecule has 0 bridgehead atoms. The number of carbonyl (C=O) groups is 1. The Hall–Kier alpha value is -2.23. The van der Waals surface area contributed by atoms with Crippen LogP contribution in [0.3, 0.4) is 0 Å². The van der Waals surface area contributed by atoms with Crippen molar-refractivity contribution in [3.05, 3.63) is 11.1 Å². The zero-order valence-corrected chi connectivity index (χ0v) is 20.7. The molecule has 2 aliphatic rings. The molecule has 0 aromatic heterocycles. The van der Waals surface area contributed by atoms with E-state index in [-0.39, 0.29) is 47.4 Å². The molecule has 0 saturated carbocycles. The molecule has 1 aromatic rings. The van der Waals surface area contributed by atoms with Gasteiger partial charge in [0.15, 0.2) is 17.2 Å². The maximum Gasteiger partial charge on any atom is 0.319 e. The Morgan fingerprint density at radius 1 is 1.18 bits per heavy atom. The molecule has 188 valence electrons. The van der Waals surface area contributed by atoms with Gasteiger partial charge in [0, 0.05) is 31.0 Å². The van der Waals surface area contributed by atoms with Gasteiger partial charge < -0.3 is 35.3 Å². The summed E-state index contributed by atoms with van der Waals surface area (Å²) in [6, 6.07) is 0. The quantitative estimate of drug-likeness (QED) is 0.367. The van der Waals surface area contributed by atoms with Crippen LogP contribution < -0.4 is 15.2 Å². The molecule has 1 saturated heterocycles. The number of hydrogen-bond donors (Lipinski definition) is 4. The number of aliphatic hydroxyl groups is 1. The van der Waals surface area contributed by atoms with E-state index >= 15 is 0 Å². The molecule has 9 nitrogen and oxygen atoms in total. The summed E-state index contributed by atoms with van der Waals surface area (Å²) in [6.07, 6.45) is 1.95. The molecule has 0 radical (unpaired) electrons.